The van der Waals surface area contributed by atoms with Gasteiger partial charge in [0.05, 0.1) is 6.04 Å². The molecule has 1 aliphatic heterocycles. The van der Waals surface area contributed by atoms with E-state index in [4.69, 9.17) is 0 Å². The Bertz CT molecular complexity index is 700. The van der Waals surface area contributed by atoms with Crippen LogP contribution in [0.3, 0.4) is 0 Å². The summed E-state index contributed by atoms with van der Waals surface area (Å²) in [5, 5.41) is 0. The fourth-order valence-corrected chi connectivity index (χ4v) is 3.07. The van der Waals surface area contributed by atoms with E-state index < -0.39 is 0 Å². The first kappa shape index (κ1) is 16.2. The number of carbonyl (C=O) groups excluding carboxylic acids is 2. The fraction of sp³-hybridized carbons (Fsp3) is 0.300. The van der Waals surface area contributed by atoms with Crippen LogP contribution in [-0.2, 0) is 17.8 Å². The molecule has 1 heterocycles. The predicted octanol–water partition coefficient (Wildman–Crippen LogP) is 3.47. The van der Waals surface area contributed by atoms with Gasteiger partial charge in [-0.15, -0.1) is 0 Å². The van der Waals surface area contributed by atoms with Crippen molar-refractivity contribution >= 4 is 11.9 Å². The molecular weight excluding hydrogens is 300 g/mol. The number of β-lactam (4-membered cyclic amide) rings is 1. The zero-order valence-corrected chi connectivity index (χ0v) is 13.9. The topological polar surface area (TPSA) is 40.6 Å². The molecule has 1 atom stereocenters. The van der Waals surface area contributed by atoms with E-state index in [9.17, 15) is 9.59 Å². The van der Waals surface area contributed by atoms with Gasteiger partial charge in [0.2, 0.25) is 5.91 Å². The Hall–Kier alpha value is -2.62. The van der Waals surface area contributed by atoms with Crippen LogP contribution in [0.4, 0.5) is 4.79 Å². The number of rotatable bonds is 5. The van der Waals surface area contributed by atoms with E-state index in [2.05, 4.69) is 0 Å². The number of amides is 3. The molecule has 0 saturated carbocycles. The van der Waals surface area contributed by atoms with Gasteiger partial charge < -0.3 is 4.90 Å². The molecule has 124 valence electrons. The Balaban J connectivity index is 1.68. The molecule has 1 fully saturated rings. The van der Waals surface area contributed by atoms with Gasteiger partial charge >= 0.3 is 6.03 Å². The normalized spacial score (nSPS) is 16.6. The third-order valence-electron chi connectivity index (χ3n) is 4.43. The lowest BCUT2D eigenvalue weighted by Gasteiger charge is -2.41. The van der Waals surface area contributed by atoms with E-state index in [1.165, 1.54) is 4.90 Å². The average molecular weight is 322 g/mol. The van der Waals surface area contributed by atoms with Gasteiger partial charge in [0, 0.05) is 19.5 Å². The van der Waals surface area contributed by atoms with Crippen LogP contribution in [0.25, 0.3) is 0 Å². The van der Waals surface area contributed by atoms with Crippen LogP contribution in [0.1, 0.15) is 24.5 Å². The zero-order valence-electron chi connectivity index (χ0n) is 13.9. The molecule has 0 aromatic heterocycles. The minimum absolute atomic E-state index is 0.0303. The van der Waals surface area contributed by atoms with E-state index in [-0.39, 0.29) is 18.0 Å². The summed E-state index contributed by atoms with van der Waals surface area (Å²) in [7, 11) is 0. The van der Waals surface area contributed by atoms with Crippen molar-refractivity contribution in [3.8, 4) is 0 Å². The lowest BCUT2D eigenvalue weighted by Crippen LogP contribution is -2.60. The molecule has 0 spiro atoms. The van der Waals surface area contributed by atoms with Gasteiger partial charge in [0.1, 0.15) is 0 Å². The summed E-state index contributed by atoms with van der Waals surface area (Å²) in [5.41, 5.74) is 2.22. The number of imide groups is 1. The molecule has 0 N–H and O–H groups in total. The molecule has 3 rings (SSSR count). The Morgan fingerprint density at radius 3 is 2.17 bits per heavy atom. The van der Waals surface area contributed by atoms with Crippen molar-refractivity contribution in [3.05, 3.63) is 71.8 Å². The van der Waals surface area contributed by atoms with Gasteiger partial charge in [-0.25, -0.2) is 4.79 Å². The highest BCUT2D eigenvalue weighted by Gasteiger charge is 2.42. The van der Waals surface area contributed by atoms with Gasteiger partial charge in [-0.1, -0.05) is 60.7 Å². The number of hydrogen-bond donors (Lipinski definition) is 0. The molecule has 24 heavy (non-hydrogen) atoms. The summed E-state index contributed by atoms with van der Waals surface area (Å²) < 4.78 is 0. The molecule has 4 heteroatoms. The first-order valence-electron chi connectivity index (χ1n) is 8.38. The highest BCUT2D eigenvalue weighted by Crippen LogP contribution is 2.25. The van der Waals surface area contributed by atoms with Crippen molar-refractivity contribution in [2.24, 2.45) is 0 Å². The van der Waals surface area contributed by atoms with E-state index in [0.29, 0.717) is 19.5 Å². The molecule has 0 aliphatic carbocycles. The standard InChI is InChI=1S/C20H22N2O2/c1-2-21(15-17-11-7-4-8-12-17)20(24)22-18(14-19(22)23)13-16-9-5-3-6-10-16/h3-12,18H,2,13-15H2,1H3/t18-/m1/s1. The largest absolute Gasteiger partial charge is 0.327 e. The number of nitrogens with zero attached hydrogens (tertiary/aromatic N) is 2. The zero-order chi connectivity index (χ0) is 16.9. The molecule has 2 aromatic rings. The van der Waals surface area contributed by atoms with Crippen molar-refractivity contribution in [2.75, 3.05) is 6.54 Å². The van der Waals surface area contributed by atoms with Crippen LogP contribution in [0.5, 0.6) is 0 Å². The highest BCUT2D eigenvalue weighted by molar-refractivity contribution is 5.99. The van der Waals surface area contributed by atoms with Crippen LogP contribution in [0.2, 0.25) is 0 Å². The highest BCUT2D eigenvalue weighted by atomic mass is 16.2. The SMILES string of the molecule is CCN(Cc1ccccc1)C(=O)N1C(=O)C[C@H]1Cc1ccccc1. The molecule has 0 bridgehead atoms. The van der Waals surface area contributed by atoms with E-state index in [0.717, 1.165) is 17.5 Å². The van der Waals surface area contributed by atoms with Crippen molar-refractivity contribution < 1.29 is 9.59 Å². The summed E-state index contributed by atoms with van der Waals surface area (Å²) in [4.78, 5) is 28.0. The summed E-state index contributed by atoms with van der Waals surface area (Å²) in [5.74, 6) is -0.0764. The summed E-state index contributed by atoms with van der Waals surface area (Å²) in [6, 6.07) is 19.7. The maximum Gasteiger partial charge on any atom is 0.327 e. The van der Waals surface area contributed by atoms with Crippen molar-refractivity contribution in [1.29, 1.82) is 0 Å². The molecule has 0 unspecified atom stereocenters. The second-order valence-corrected chi connectivity index (χ2v) is 6.09. The summed E-state index contributed by atoms with van der Waals surface area (Å²) in [6.07, 6.45) is 1.17. The van der Waals surface area contributed by atoms with Crippen LogP contribution in [-0.4, -0.2) is 34.3 Å². The van der Waals surface area contributed by atoms with Gasteiger partial charge in [0.25, 0.3) is 0 Å². The first-order valence-corrected chi connectivity index (χ1v) is 8.38. The molecule has 1 aliphatic rings. The van der Waals surface area contributed by atoms with Crippen LogP contribution in [0, 0.1) is 0 Å². The second-order valence-electron chi connectivity index (χ2n) is 6.09. The average Bonchev–Trinajstić information content (AvgIpc) is 2.60. The molecule has 3 amide bonds. The minimum atomic E-state index is -0.182. The Morgan fingerprint density at radius 1 is 1.04 bits per heavy atom. The Kier molecular flexibility index (Phi) is 4.94. The number of hydrogen-bond acceptors (Lipinski definition) is 2. The minimum Gasteiger partial charge on any atom is -0.320 e. The van der Waals surface area contributed by atoms with Crippen LogP contribution in [0.15, 0.2) is 60.7 Å². The Morgan fingerprint density at radius 2 is 1.62 bits per heavy atom. The third kappa shape index (κ3) is 3.48. The molecule has 0 radical (unpaired) electrons. The van der Waals surface area contributed by atoms with Gasteiger partial charge in [-0.2, -0.15) is 0 Å². The smallest absolute Gasteiger partial charge is 0.320 e. The van der Waals surface area contributed by atoms with Crippen molar-refractivity contribution in [3.63, 3.8) is 0 Å². The van der Waals surface area contributed by atoms with E-state index in [1.807, 2.05) is 67.6 Å². The van der Waals surface area contributed by atoms with Crippen LogP contribution >= 0.6 is 0 Å². The van der Waals surface area contributed by atoms with Gasteiger partial charge in [0.15, 0.2) is 0 Å². The summed E-state index contributed by atoms with van der Waals surface area (Å²) >= 11 is 0. The number of urea groups is 1. The van der Waals surface area contributed by atoms with Crippen LogP contribution < -0.4 is 0 Å². The molecular formula is C20H22N2O2. The first-order chi connectivity index (χ1) is 11.7. The Labute approximate surface area is 142 Å². The third-order valence-corrected chi connectivity index (χ3v) is 4.43. The monoisotopic (exact) mass is 322 g/mol. The number of carbonyl (C=O) groups is 2. The number of likely N-dealkylation sites (tertiary alicyclic amines) is 1. The van der Waals surface area contributed by atoms with Crippen molar-refractivity contribution in [2.45, 2.75) is 32.4 Å². The lowest BCUT2D eigenvalue weighted by molar-refractivity contribution is -0.141. The van der Waals surface area contributed by atoms with E-state index >= 15 is 0 Å². The maximum atomic E-state index is 12.8. The number of benzene rings is 2. The predicted molar refractivity (Wildman–Crippen MR) is 93.3 cm³/mol. The van der Waals surface area contributed by atoms with E-state index in [1.54, 1.807) is 4.90 Å². The van der Waals surface area contributed by atoms with Crippen molar-refractivity contribution in [1.82, 2.24) is 9.80 Å². The molecule has 4 nitrogen and oxygen atoms in total. The second kappa shape index (κ2) is 7.30. The maximum absolute atomic E-state index is 12.8. The lowest BCUT2D eigenvalue weighted by atomic mass is 9.95. The van der Waals surface area contributed by atoms with Gasteiger partial charge in [-0.3, -0.25) is 9.69 Å². The molecule has 1 saturated heterocycles. The molecule has 2 aromatic carbocycles. The van der Waals surface area contributed by atoms with Gasteiger partial charge in [-0.05, 0) is 24.5 Å². The summed E-state index contributed by atoms with van der Waals surface area (Å²) in [6.45, 7) is 3.05. The quantitative estimate of drug-likeness (QED) is 0.791. The fourth-order valence-electron chi connectivity index (χ4n) is 3.07.